The van der Waals surface area contributed by atoms with E-state index < -0.39 is 0 Å². The molecular formula is C28H29N3O4. The summed E-state index contributed by atoms with van der Waals surface area (Å²) in [6.07, 6.45) is 2.40. The number of esters is 1. The maximum atomic E-state index is 12.3. The molecule has 7 heteroatoms. The van der Waals surface area contributed by atoms with E-state index in [0.29, 0.717) is 31.7 Å². The maximum Gasteiger partial charge on any atom is 0.338 e. The molecule has 1 N–H and O–H groups in total. The lowest BCUT2D eigenvalue weighted by Crippen LogP contribution is -2.31. The van der Waals surface area contributed by atoms with Gasteiger partial charge in [-0.05, 0) is 29.3 Å². The van der Waals surface area contributed by atoms with Gasteiger partial charge in [0.05, 0.1) is 30.6 Å². The summed E-state index contributed by atoms with van der Waals surface area (Å²) in [5.41, 5.74) is 5.87. The molecule has 0 fully saturated rings. The summed E-state index contributed by atoms with van der Waals surface area (Å²) in [4.78, 5) is 33.0. The Balaban J connectivity index is 1.45. The molecule has 0 aliphatic carbocycles. The van der Waals surface area contributed by atoms with Crippen LogP contribution in [0.2, 0.25) is 0 Å². The number of benzene rings is 2. The molecule has 35 heavy (non-hydrogen) atoms. The zero-order chi connectivity index (χ0) is 24.8. The van der Waals surface area contributed by atoms with Crippen molar-refractivity contribution in [2.45, 2.75) is 20.3 Å². The number of aliphatic imine (C=N–C) groups is 1. The van der Waals surface area contributed by atoms with Gasteiger partial charge in [-0.2, -0.15) is 0 Å². The van der Waals surface area contributed by atoms with E-state index >= 15 is 0 Å². The summed E-state index contributed by atoms with van der Waals surface area (Å²) in [5.74, 6) is 0.349. The zero-order valence-corrected chi connectivity index (χ0v) is 20.2. The molecule has 7 nitrogen and oxygen atoms in total. The Hall–Kier alpha value is -4.00. The second-order valence-corrected chi connectivity index (χ2v) is 8.59. The fourth-order valence-corrected chi connectivity index (χ4v) is 3.82. The van der Waals surface area contributed by atoms with Crippen molar-refractivity contribution >= 4 is 18.1 Å². The maximum absolute atomic E-state index is 12.3. The van der Waals surface area contributed by atoms with Crippen molar-refractivity contribution in [1.82, 2.24) is 10.3 Å². The number of hydrogen-bond donors (Lipinski definition) is 1. The lowest BCUT2D eigenvalue weighted by Gasteiger charge is -2.15. The van der Waals surface area contributed by atoms with E-state index in [0.717, 1.165) is 39.4 Å². The zero-order valence-electron chi connectivity index (χ0n) is 20.2. The largest absolute Gasteiger partial charge is 0.492 e. The number of aromatic nitrogens is 1. The standard InChI is InChI=1S/C28H29N3O4/c1-18(2)27(32)30-14-15-35-22-10-8-20(9-11-22)19-4-6-21(7-5-19)26-16-23(28(33)34-3)24-17-29-13-12-25(24)31-26/h4-11,16-18H,12-15H2,1-3H3,(H,30,32). The van der Waals surface area contributed by atoms with Gasteiger partial charge in [0.15, 0.2) is 0 Å². The van der Waals surface area contributed by atoms with Crippen LogP contribution >= 0.6 is 0 Å². The highest BCUT2D eigenvalue weighted by Gasteiger charge is 2.20. The molecule has 2 heterocycles. The molecule has 3 aromatic rings. The molecule has 0 bridgehead atoms. The summed E-state index contributed by atoms with van der Waals surface area (Å²) in [5, 5.41) is 2.84. The molecule has 0 saturated heterocycles. The molecule has 1 aliphatic rings. The third-order valence-corrected chi connectivity index (χ3v) is 5.80. The minimum absolute atomic E-state index is 0.0216. The van der Waals surface area contributed by atoms with E-state index in [4.69, 9.17) is 14.5 Å². The van der Waals surface area contributed by atoms with Crippen LogP contribution in [0.4, 0.5) is 0 Å². The summed E-state index contributed by atoms with van der Waals surface area (Å²) in [6, 6.07) is 17.7. The minimum atomic E-state index is -0.389. The molecule has 180 valence electrons. The number of pyridine rings is 1. The van der Waals surface area contributed by atoms with E-state index in [9.17, 15) is 9.59 Å². The van der Waals surface area contributed by atoms with E-state index in [2.05, 4.69) is 10.3 Å². The number of rotatable bonds is 8. The normalized spacial score (nSPS) is 12.2. The summed E-state index contributed by atoms with van der Waals surface area (Å²) in [7, 11) is 1.38. The Kier molecular flexibility index (Phi) is 7.55. The Bertz CT molecular complexity index is 1230. The third kappa shape index (κ3) is 5.74. The van der Waals surface area contributed by atoms with Gasteiger partial charge in [-0.25, -0.2) is 4.79 Å². The Morgan fingerprint density at radius 3 is 2.31 bits per heavy atom. The minimum Gasteiger partial charge on any atom is -0.492 e. The van der Waals surface area contributed by atoms with Gasteiger partial charge in [0.25, 0.3) is 0 Å². The first-order valence-corrected chi connectivity index (χ1v) is 11.7. The predicted molar refractivity (Wildman–Crippen MR) is 136 cm³/mol. The molecule has 2 aromatic carbocycles. The monoisotopic (exact) mass is 471 g/mol. The smallest absolute Gasteiger partial charge is 0.338 e. The second-order valence-electron chi connectivity index (χ2n) is 8.59. The first-order chi connectivity index (χ1) is 17.0. The summed E-state index contributed by atoms with van der Waals surface area (Å²) in [6.45, 7) is 5.27. The highest BCUT2D eigenvalue weighted by molar-refractivity contribution is 6.01. The second kappa shape index (κ2) is 11.0. The van der Waals surface area contributed by atoms with Crippen molar-refractivity contribution in [3.63, 3.8) is 0 Å². The predicted octanol–water partition coefficient (Wildman–Crippen LogP) is 4.33. The van der Waals surface area contributed by atoms with Crippen LogP contribution in [-0.2, 0) is 16.0 Å². The fourth-order valence-electron chi connectivity index (χ4n) is 3.82. The molecule has 0 atom stereocenters. The van der Waals surface area contributed by atoms with Crippen molar-refractivity contribution in [1.29, 1.82) is 0 Å². The van der Waals surface area contributed by atoms with E-state index in [-0.39, 0.29) is 17.8 Å². The van der Waals surface area contributed by atoms with Gasteiger partial charge < -0.3 is 14.8 Å². The SMILES string of the molecule is COC(=O)c1cc(-c2ccc(-c3ccc(OCCNC(=O)C(C)C)cc3)cc2)nc2c1C=NCC2. The Morgan fingerprint density at radius 2 is 1.66 bits per heavy atom. The van der Waals surface area contributed by atoms with Gasteiger partial charge >= 0.3 is 5.97 Å². The van der Waals surface area contributed by atoms with Crippen molar-refractivity contribution in [3.8, 4) is 28.1 Å². The molecule has 4 rings (SSSR count). The van der Waals surface area contributed by atoms with Crippen LogP contribution in [0, 0.1) is 5.92 Å². The van der Waals surface area contributed by atoms with Gasteiger partial charge in [0.2, 0.25) is 5.91 Å². The van der Waals surface area contributed by atoms with Gasteiger partial charge in [0, 0.05) is 36.2 Å². The summed E-state index contributed by atoms with van der Waals surface area (Å²) >= 11 is 0. The van der Waals surface area contributed by atoms with Crippen LogP contribution in [-0.4, -0.2) is 49.9 Å². The number of nitrogens with one attached hydrogen (secondary N) is 1. The van der Waals surface area contributed by atoms with E-state index in [1.54, 1.807) is 12.3 Å². The lowest BCUT2D eigenvalue weighted by molar-refractivity contribution is -0.124. The number of carbonyl (C=O) groups is 2. The molecular weight excluding hydrogens is 442 g/mol. The Labute approximate surface area is 205 Å². The van der Waals surface area contributed by atoms with Gasteiger partial charge in [-0.15, -0.1) is 0 Å². The average Bonchev–Trinajstić information content (AvgIpc) is 2.90. The summed E-state index contributed by atoms with van der Waals surface area (Å²) < 4.78 is 10.7. The first-order valence-electron chi connectivity index (χ1n) is 11.7. The highest BCUT2D eigenvalue weighted by atomic mass is 16.5. The molecule has 1 aromatic heterocycles. The Morgan fingerprint density at radius 1 is 1.00 bits per heavy atom. The topological polar surface area (TPSA) is 89.9 Å². The number of fused-ring (bicyclic) bond motifs is 1. The van der Waals surface area contributed by atoms with Gasteiger partial charge in [0.1, 0.15) is 12.4 Å². The van der Waals surface area contributed by atoms with Crippen LogP contribution < -0.4 is 10.1 Å². The van der Waals surface area contributed by atoms with Gasteiger partial charge in [-0.1, -0.05) is 50.2 Å². The number of hydrogen-bond acceptors (Lipinski definition) is 6. The van der Waals surface area contributed by atoms with Crippen LogP contribution in [0.15, 0.2) is 59.6 Å². The number of carbonyl (C=O) groups excluding carboxylic acids is 2. The van der Waals surface area contributed by atoms with Gasteiger partial charge in [-0.3, -0.25) is 14.8 Å². The molecule has 0 unspecified atom stereocenters. The number of ether oxygens (including phenoxy) is 2. The lowest BCUT2D eigenvalue weighted by atomic mass is 9.98. The van der Waals surface area contributed by atoms with Crippen molar-refractivity contribution in [3.05, 3.63) is 71.4 Å². The number of nitrogens with zero attached hydrogens (tertiary/aromatic N) is 2. The van der Waals surface area contributed by atoms with E-state index in [1.807, 2.05) is 62.4 Å². The first kappa shape index (κ1) is 24.1. The number of methoxy groups -OCH3 is 1. The van der Waals surface area contributed by atoms with Crippen LogP contribution in [0.25, 0.3) is 22.4 Å². The molecule has 0 spiro atoms. The van der Waals surface area contributed by atoms with Crippen molar-refractivity contribution in [2.75, 3.05) is 26.8 Å². The molecule has 0 saturated carbocycles. The number of amides is 1. The fraction of sp³-hybridized carbons (Fsp3) is 0.286. The third-order valence-electron chi connectivity index (χ3n) is 5.80. The highest BCUT2D eigenvalue weighted by Crippen LogP contribution is 2.28. The van der Waals surface area contributed by atoms with Crippen LogP contribution in [0.5, 0.6) is 5.75 Å². The van der Waals surface area contributed by atoms with Crippen molar-refractivity contribution < 1.29 is 19.1 Å². The van der Waals surface area contributed by atoms with Crippen LogP contribution in [0.1, 0.15) is 35.5 Å². The molecule has 0 radical (unpaired) electrons. The van der Waals surface area contributed by atoms with Crippen LogP contribution in [0.3, 0.4) is 0 Å². The molecule has 1 aliphatic heterocycles. The van der Waals surface area contributed by atoms with E-state index in [1.165, 1.54) is 7.11 Å². The van der Waals surface area contributed by atoms with Crippen molar-refractivity contribution in [2.24, 2.45) is 10.9 Å². The quantitative estimate of drug-likeness (QED) is 0.390. The average molecular weight is 472 g/mol. The molecule has 1 amide bonds.